The summed E-state index contributed by atoms with van der Waals surface area (Å²) in [6, 6.07) is 11.3. The molecule has 2 aromatic rings. The van der Waals surface area contributed by atoms with E-state index in [0.717, 1.165) is 42.4 Å². The summed E-state index contributed by atoms with van der Waals surface area (Å²) in [6.45, 7) is 3.95. The molecule has 4 rings (SSSR count). The van der Waals surface area contributed by atoms with Crippen LogP contribution in [0.3, 0.4) is 0 Å². The number of piperazine rings is 1. The highest BCUT2D eigenvalue weighted by Crippen LogP contribution is 2.29. The highest BCUT2D eigenvalue weighted by molar-refractivity contribution is 6.30. The van der Waals surface area contributed by atoms with Gasteiger partial charge < -0.3 is 9.47 Å². The van der Waals surface area contributed by atoms with Crippen molar-refractivity contribution < 1.29 is 32.2 Å². The summed E-state index contributed by atoms with van der Waals surface area (Å²) >= 11 is 5.87. The van der Waals surface area contributed by atoms with Crippen molar-refractivity contribution in [2.45, 2.75) is 18.8 Å². The number of nitrogens with zero attached hydrogens (tertiary/aromatic N) is 3. The van der Waals surface area contributed by atoms with Crippen molar-refractivity contribution >= 4 is 29.1 Å². The van der Waals surface area contributed by atoms with Crippen LogP contribution in [0.25, 0.3) is 0 Å². The van der Waals surface area contributed by atoms with Gasteiger partial charge in [0, 0.05) is 37.7 Å². The van der Waals surface area contributed by atoms with Gasteiger partial charge in [0.2, 0.25) is 5.91 Å². The number of benzene rings is 2. The first-order chi connectivity index (χ1) is 16.2. The van der Waals surface area contributed by atoms with Crippen molar-refractivity contribution in [3.63, 3.8) is 0 Å². The Kier molecular flexibility index (Phi) is 7.30. The molecule has 2 aliphatic heterocycles. The minimum Gasteiger partial charge on any atom is -0.492 e. The maximum Gasteiger partial charge on any atom is 0.573 e. The summed E-state index contributed by atoms with van der Waals surface area (Å²) in [4.78, 5) is 30.8. The lowest BCUT2D eigenvalue weighted by Gasteiger charge is -2.36. The fourth-order valence-corrected chi connectivity index (χ4v) is 4.22. The van der Waals surface area contributed by atoms with E-state index in [2.05, 4.69) is 9.64 Å². The van der Waals surface area contributed by atoms with Crippen LogP contribution in [0.5, 0.6) is 11.5 Å². The Bertz CT molecular complexity index is 1010. The Balaban J connectivity index is 1.27. The molecule has 2 aliphatic rings. The van der Waals surface area contributed by atoms with Gasteiger partial charge in [0.15, 0.2) is 0 Å². The number of rotatable bonds is 7. The molecule has 0 N–H and O–H groups in total. The Morgan fingerprint density at radius 2 is 1.53 bits per heavy atom. The van der Waals surface area contributed by atoms with E-state index in [-0.39, 0.29) is 23.9 Å². The number of carbonyl (C=O) groups excluding carboxylic acids is 2. The second-order valence-electron chi connectivity index (χ2n) is 8.01. The summed E-state index contributed by atoms with van der Waals surface area (Å²) in [5, 5.41) is 0.648. The molecule has 2 amide bonds. The molecule has 2 fully saturated rings. The molecule has 7 nitrogen and oxygen atoms in total. The van der Waals surface area contributed by atoms with Crippen molar-refractivity contribution in [2.24, 2.45) is 0 Å². The van der Waals surface area contributed by atoms with Gasteiger partial charge in [-0.05, 0) is 48.5 Å². The summed E-state index contributed by atoms with van der Waals surface area (Å²) in [7, 11) is 0. The molecular formula is C23H23ClF3N3O4. The number of alkyl halides is 3. The first-order valence-corrected chi connectivity index (χ1v) is 11.1. The van der Waals surface area contributed by atoms with Gasteiger partial charge in [0.1, 0.15) is 18.1 Å². The summed E-state index contributed by atoms with van der Waals surface area (Å²) in [6.07, 6.45) is -4.77. The third-order valence-corrected chi connectivity index (χ3v) is 6.04. The first kappa shape index (κ1) is 24.3. The topological polar surface area (TPSA) is 62.3 Å². The number of imide groups is 1. The monoisotopic (exact) mass is 497 g/mol. The lowest BCUT2D eigenvalue weighted by atomic mass is 10.1. The zero-order valence-corrected chi connectivity index (χ0v) is 18.9. The van der Waals surface area contributed by atoms with Crippen molar-refractivity contribution in [1.82, 2.24) is 9.80 Å². The van der Waals surface area contributed by atoms with Gasteiger partial charge in [0.05, 0.1) is 18.2 Å². The molecule has 0 aliphatic carbocycles. The molecule has 2 saturated heterocycles. The third-order valence-electron chi connectivity index (χ3n) is 5.79. The molecule has 0 saturated carbocycles. The second kappa shape index (κ2) is 10.2. The molecule has 0 bridgehead atoms. The van der Waals surface area contributed by atoms with E-state index in [1.807, 2.05) is 17.0 Å². The molecule has 1 unspecified atom stereocenters. The highest BCUT2D eigenvalue weighted by atomic mass is 35.5. The molecule has 182 valence electrons. The number of amides is 2. The van der Waals surface area contributed by atoms with Crippen LogP contribution in [0.4, 0.5) is 18.9 Å². The predicted octanol–water partition coefficient (Wildman–Crippen LogP) is 3.57. The number of ether oxygens (including phenoxy) is 2. The molecular weight excluding hydrogens is 475 g/mol. The minimum absolute atomic E-state index is 0.0410. The smallest absolute Gasteiger partial charge is 0.492 e. The van der Waals surface area contributed by atoms with Crippen LogP contribution in [0, 0.1) is 0 Å². The van der Waals surface area contributed by atoms with Crippen molar-refractivity contribution in [3.8, 4) is 11.5 Å². The van der Waals surface area contributed by atoms with Crippen molar-refractivity contribution in [2.75, 3.05) is 44.2 Å². The van der Waals surface area contributed by atoms with Crippen molar-refractivity contribution in [3.05, 3.63) is 53.6 Å². The molecule has 0 radical (unpaired) electrons. The Labute approximate surface area is 199 Å². The number of hydrogen-bond acceptors (Lipinski definition) is 6. The number of carbonyl (C=O) groups is 2. The molecule has 2 aromatic carbocycles. The van der Waals surface area contributed by atoms with E-state index in [0.29, 0.717) is 24.7 Å². The van der Waals surface area contributed by atoms with Crippen LogP contribution in [0.1, 0.15) is 6.42 Å². The SMILES string of the molecule is O=C1CC(N2CCN(CCOc3ccc(Cl)cc3)CC2)C(=O)N1c1ccc(OC(F)(F)F)cc1. The lowest BCUT2D eigenvalue weighted by molar-refractivity contribution is -0.274. The normalized spacial score (nSPS) is 20.1. The van der Waals surface area contributed by atoms with Crippen LogP contribution in [0.15, 0.2) is 48.5 Å². The van der Waals surface area contributed by atoms with E-state index >= 15 is 0 Å². The first-order valence-electron chi connectivity index (χ1n) is 10.8. The fraction of sp³-hybridized carbons (Fsp3) is 0.391. The van der Waals surface area contributed by atoms with Crippen LogP contribution in [-0.4, -0.2) is 73.3 Å². The van der Waals surface area contributed by atoms with Gasteiger partial charge in [-0.1, -0.05) is 11.6 Å². The zero-order valence-electron chi connectivity index (χ0n) is 18.1. The summed E-state index contributed by atoms with van der Waals surface area (Å²) in [5.41, 5.74) is 0.227. The quantitative estimate of drug-likeness (QED) is 0.545. The molecule has 34 heavy (non-hydrogen) atoms. The van der Waals surface area contributed by atoms with E-state index in [1.54, 1.807) is 12.1 Å². The standard InChI is InChI=1S/C23H23ClF3N3O4/c24-16-1-5-18(6-2-16)33-14-13-28-9-11-29(12-10-28)20-15-21(31)30(22(20)32)17-3-7-19(8-4-17)34-23(25,26)27/h1-8,20H,9-15H2. The number of halogens is 4. The highest BCUT2D eigenvalue weighted by Gasteiger charge is 2.43. The van der Waals surface area contributed by atoms with E-state index in [9.17, 15) is 22.8 Å². The van der Waals surface area contributed by atoms with Gasteiger partial charge in [0.25, 0.3) is 5.91 Å². The second-order valence-corrected chi connectivity index (χ2v) is 8.45. The molecule has 1 atom stereocenters. The average Bonchev–Trinajstić information content (AvgIpc) is 3.09. The van der Waals surface area contributed by atoms with Crippen LogP contribution < -0.4 is 14.4 Å². The van der Waals surface area contributed by atoms with E-state index in [1.165, 1.54) is 12.1 Å². The molecule has 0 aromatic heterocycles. The van der Waals surface area contributed by atoms with Gasteiger partial charge in [-0.3, -0.25) is 19.4 Å². The molecule has 11 heteroatoms. The minimum atomic E-state index is -4.81. The number of hydrogen-bond donors (Lipinski definition) is 0. The van der Waals surface area contributed by atoms with Gasteiger partial charge in [-0.2, -0.15) is 0 Å². The maximum absolute atomic E-state index is 13.0. The van der Waals surface area contributed by atoms with Crippen LogP contribution in [-0.2, 0) is 9.59 Å². The Morgan fingerprint density at radius 1 is 0.912 bits per heavy atom. The lowest BCUT2D eigenvalue weighted by Crippen LogP contribution is -2.53. The van der Waals surface area contributed by atoms with Crippen LogP contribution in [0.2, 0.25) is 5.02 Å². The Morgan fingerprint density at radius 3 is 2.15 bits per heavy atom. The molecule has 0 spiro atoms. The van der Waals surface area contributed by atoms with Gasteiger partial charge in [-0.25, -0.2) is 4.90 Å². The summed E-state index contributed by atoms with van der Waals surface area (Å²) in [5.74, 6) is -0.411. The van der Waals surface area contributed by atoms with Crippen LogP contribution >= 0.6 is 11.6 Å². The largest absolute Gasteiger partial charge is 0.573 e. The molecule has 2 heterocycles. The average molecular weight is 498 g/mol. The van der Waals surface area contributed by atoms with Gasteiger partial charge in [-0.15, -0.1) is 13.2 Å². The number of anilines is 1. The Hall–Kier alpha value is -2.82. The van der Waals surface area contributed by atoms with Gasteiger partial charge >= 0.3 is 6.36 Å². The maximum atomic E-state index is 13.0. The van der Waals surface area contributed by atoms with E-state index in [4.69, 9.17) is 16.3 Å². The van der Waals surface area contributed by atoms with Crippen molar-refractivity contribution in [1.29, 1.82) is 0 Å². The third kappa shape index (κ3) is 5.99. The van der Waals surface area contributed by atoms with E-state index < -0.39 is 18.2 Å². The zero-order chi connectivity index (χ0) is 24.3. The predicted molar refractivity (Wildman–Crippen MR) is 119 cm³/mol. The summed E-state index contributed by atoms with van der Waals surface area (Å²) < 4.78 is 46.6. The fourth-order valence-electron chi connectivity index (χ4n) is 4.09.